The number of guanidine groups is 1. The Labute approximate surface area is 151 Å². The van der Waals surface area contributed by atoms with Gasteiger partial charge in [0.1, 0.15) is 5.76 Å². The fourth-order valence-corrected chi connectivity index (χ4v) is 4.65. The Morgan fingerprint density at radius 3 is 2.96 bits per heavy atom. The van der Waals surface area contributed by atoms with Gasteiger partial charge in [0, 0.05) is 44.7 Å². The van der Waals surface area contributed by atoms with Crippen LogP contribution in [0.3, 0.4) is 0 Å². The molecule has 138 valence electrons. The summed E-state index contributed by atoms with van der Waals surface area (Å²) in [5.41, 5.74) is 0. The average Bonchev–Trinajstić information content (AvgIpc) is 3.36. The van der Waals surface area contributed by atoms with E-state index >= 15 is 0 Å². The predicted octanol–water partition coefficient (Wildman–Crippen LogP) is 2.74. The van der Waals surface area contributed by atoms with E-state index < -0.39 is 0 Å². The van der Waals surface area contributed by atoms with Gasteiger partial charge in [0.05, 0.1) is 6.26 Å². The molecule has 2 atom stereocenters. The maximum atomic E-state index is 5.42. The number of nitrogens with one attached hydrogen (secondary N) is 1. The van der Waals surface area contributed by atoms with Gasteiger partial charge in [0.25, 0.3) is 0 Å². The minimum atomic E-state index is 0.786. The molecule has 2 unspecified atom stereocenters. The monoisotopic (exact) mass is 344 g/mol. The third-order valence-electron chi connectivity index (χ3n) is 5.96. The van der Waals surface area contributed by atoms with Crippen LogP contribution in [0.2, 0.25) is 0 Å². The largest absolute Gasteiger partial charge is 0.469 e. The highest BCUT2D eigenvalue weighted by Crippen LogP contribution is 2.38. The first-order valence-corrected chi connectivity index (χ1v) is 10.2. The summed E-state index contributed by atoms with van der Waals surface area (Å²) < 4.78 is 5.42. The summed E-state index contributed by atoms with van der Waals surface area (Å²) in [5.74, 6) is 2.93. The van der Waals surface area contributed by atoms with Crippen LogP contribution in [0.25, 0.3) is 0 Å². The fraction of sp³-hybridized carbons (Fsp3) is 0.750. The van der Waals surface area contributed by atoms with Gasteiger partial charge in [-0.3, -0.25) is 9.89 Å². The molecule has 1 N–H and O–H groups in total. The van der Waals surface area contributed by atoms with Crippen molar-refractivity contribution < 1.29 is 4.42 Å². The Balaban J connectivity index is 1.37. The standard InChI is InChI=1S/C20H32N4O/c1-2-21-20(22-11-9-18-6-4-14-25-18)23-13-10-19-16(15-23)5-3-12-24(19)17-7-8-17/h4,6,14,16-17,19H,2-3,5,7-13,15H2,1H3,(H,21,22). The number of aliphatic imine (C=N–C) groups is 1. The van der Waals surface area contributed by atoms with Crippen molar-refractivity contribution in [2.75, 3.05) is 32.7 Å². The zero-order valence-electron chi connectivity index (χ0n) is 15.5. The first-order valence-electron chi connectivity index (χ1n) is 10.2. The third kappa shape index (κ3) is 4.02. The van der Waals surface area contributed by atoms with Crippen LogP contribution in [-0.2, 0) is 6.42 Å². The van der Waals surface area contributed by atoms with Gasteiger partial charge in [-0.05, 0) is 63.6 Å². The second-order valence-corrected chi connectivity index (χ2v) is 7.74. The molecular weight excluding hydrogens is 312 g/mol. The van der Waals surface area contributed by atoms with Crippen molar-refractivity contribution in [1.82, 2.24) is 15.1 Å². The second kappa shape index (κ2) is 7.81. The summed E-state index contributed by atoms with van der Waals surface area (Å²) in [6.45, 7) is 7.51. The van der Waals surface area contributed by atoms with Gasteiger partial charge in [-0.2, -0.15) is 0 Å². The van der Waals surface area contributed by atoms with E-state index in [9.17, 15) is 0 Å². The molecule has 3 heterocycles. The molecule has 5 nitrogen and oxygen atoms in total. The molecule has 5 heteroatoms. The highest BCUT2D eigenvalue weighted by Gasteiger charge is 2.42. The number of nitrogens with zero attached hydrogens (tertiary/aromatic N) is 3. The Morgan fingerprint density at radius 2 is 2.20 bits per heavy atom. The lowest BCUT2D eigenvalue weighted by atomic mass is 9.83. The summed E-state index contributed by atoms with van der Waals surface area (Å²) in [6.07, 6.45) is 9.53. The van der Waals surface area contributed by atoms with Crippen LogP contribution in [0.1, 0.15) is 44.8 Å². The van der Waals surface area contributed by atoms with Gasteiger partial charge in [-0.25, -0.2) is 0 Å². The quantitative estimate of drug-likeness (QED) is 0.659. The van der Waals surface area contributed by atoms with Gasteiger partial charge in [0.15, 0.2) is 5.96 Å². The van der Waals surface area contributed by atoms with E-state index in [1.165, 1.54) is 45.2 Å². The molecule has 1 aromatic heterocycles. The first kappa shape index (κ1) is 17.0. The molecule has 3 fully saturated rings. The van der Waals surface area contributed by atoms with Crippen LogP contribution >= 0.6 is 0 Å². The first-order chi connectivity index (χ1) is 12.3. The molecule has 0 bridgehead atoms. The van der Waals surface area contributed by atoms with Gasteiger partial charge in [0.2, 0.25) is 0 Å². The Hall–Kier alpha value is -1.49. The molecule has 0 spiro atoms. The van der Waals surface area contributed by atoms with Crippen LogP contribution < -0.4 is 5.32 Å². The molecule has 1 aliphatic carbocycles. The number of hydrogen-bond donors (Lipinski definition) is 1. The summed E-state index contributed by atoms with van der Waals surface area (Å²) in [5, 5.41) is 3.51. The van der Waals surface area contributed by atoms with E-state index in [1.807, 2.05) is 12.1 Å². The molecule has 1 saturated carbocycles. The molecule has 2 aliphatic heterocycles. The Kier molecular flexibility index (Phi) is 5.30. The average molecular weight is 345 g/mol. The molecule has 0 radical (unpaired) electrons. The highest BCUT2D eigenvalue weighted by molar-refractivity contribution is 5.80. The lowest BCUT2D eigenvalue weighted by Gasteiger charge is -2.48. The SMILES string of the molecule is CCNC(=NCCc1ccco1)N1CCC2C(CCCN2C2CC2)C1. The maximum absolute atomic E-state index is 5.42. The molecule has 25 heavy (non-hydrogen) atoms. The summed E-state index contributed by atoms with van der Waals surface area (Å²) in [6, 6.07) is 5.71. The highest BCUT2D eigenvalue weighted by atomic mass is 16.3. The minimum absolute atomic E-state index is 0.786. The summed E-state index contributed by atoms with van der Waals surface area (Å²) in [7, 11) is 0. The van der Waals surface area contributed by atoms with Crippen molar-refractivity contribution in [3.63, 3.8) is 0 Å². The number of likely N-dealkylation sites (tertiary alicyclic amines) is 2. The van der Waals surface area contributed by atoms with E-state index in [0.717, 1.165) is 55.8 Å². The molecule has 1 aromatic rings. The van der Waals surface area contributed by atoms with E-state index in [0.29, 0.717) is 0 Å². The molecular formula is C20H32N4O. The second-order valence-electron chi connectivity index (χ2n) is 7.74. The predicted molar refractivity (Wildman–Crippen MR) is 101 cm³/mol. The Bertz CT molecular complexity index is 566. The van der Waals surface area contributed by atoms with Crippen LogP contribution in [-0.4, -0.2) is 60.6 Å². The molecule has 0 amide bonds. The number of rotatable bonds is 5. The van der Waals surface area contributed by atoms with Gasteiger partial charge in [-0.1, -0.05) is 0 Å². The third-order valence-corrected chi connectivity index (χ3v) is 5.96. The Morgan fingerprint density at radius 1 is 1.28 bits per heavy atom. The molecule has 3 aliphatic rings. The van der Waals surface area contributed by atoms with E-state index in [4.69, 9.17) is 9.41 Å². The van der Waals surface area contributed by atoms with E-state index in [2.05, 4.69) is 22.0 Å². The van der Waals surface area contributed by atoms with Gasteiger partial charge >= 0.3 is 0 Å². The van der Waals surface area contributed by atoms with Gasteiger partial charge < -0.3 is 14.6 Å². The lowest BCUT2D eigenvalue weighted by molar-refractivity contribution is 0.0370. The molecule has 2 saturated heterocycles. The van der Waals surface area contributed by atoms with Crippen molar-refractivity contribution >= 4 is 5.96 Å². The maximum Gasteiger partial charge on any atom is 0.193 e. The van der Waals surface area contributed by atoms with Crippen LogP contribution in [0.15, 0.2) is 27.8 Å². The summed E-state index contributed by atoms with van der Waals surface area (Å²) in [4.78, 5) is 10.2. The van der Waals surface area contributed by atoms with Crippen molar-refractivity contribution in [3.8, 4) is 0 Å². The van der Waals surface area contributed by atoms with Crippen molar-refractivity contribution in [1.29, 1.82) is 0 Å². The zero-order valence-corrected chi connectivity index (χ0v) is 15.5. The van der Waals surface area contributed by atoms with Crippen molar-refractivity contribution in [3.05, 3.63) is 24.2 Å². The van der Waals surface area contributed by atoms with E-state index in [1.54, 1.807) is 6.26 Å². The number of piperidine rings is 2. The lowest BCUT2D eigenvalue weighted by Crippen LogP contribution is -2.57. The topological polar surface area (TPSA) is 44.0 Å². The number of furan rings is 1. The van der Waals surface area contributed by atoms with Crippen molar-refractivity contribution in [2.24, 2.45) is 10.9 Å². The van der Waals surface area contributed by atoms with Crippen molar-refractivity contribution in [2.45, 2.75) is 57.5 Å². The zero-order chi connectivity index (χ0) is 17.1. The van der Waals surface area contributed by atoms with Crippen LogP contribution in [0, 0.1) is 5.92 Å². The van der Waals surface area contributed by atoms with E-state index in [-0.39, 0.29) is 0 Å². The number of fused-ring (bicyclic) bond motifs is 1. The fourth-order valence-electron chi connectivity index (χ4n) is 4.65. The van der Waals surface area contributed by atoms with Crippen LogP contribution in [0.4, 0.5) is 0 Å². The number of hydrogen-bond acceptors (Lipinski definition) is 3. The normalized spacial score (nSPS) is 28.0. The molecule has 0 aromatic carbocycles. The smallest absolute Gasteiger partial charge is 0.193 e. The minimum Gasteiger partial charge on any atom is -0.469 e. The van der Waals surface area contributed by atoms with Crippen LogP contribution in [0.5, 0.6) is 0 Å². The summed E-state index contributed by atoms with van der Waals surface area (Å²) >= 11 is 0. The molecule has 4 rings (SSSR count). The van der Waals surface area contributed by atoms with Gasteiger partial charge in [-0.15, -0.1) is 0 Å².